The zero-order valence-corrected chi connectivity index (χ0v) is 12.3. The van der Waals surface area contributed by atoms with E-state index < -0.39 is 0 Å². The third-order valence-electron chi connectivity index (χ3n) is 3.66. The fourth-order valence-electron chi connectivity index (χ4n) is 1.94. The number of benzene rings is 1. The van der Waals surface area contributed by atoms with Gasteiger partial charge in [0.05, 0.1) is 0 Å². The number of rotatable bonds is 6. The Morgan fingerprint density at radius 3 is 2.33 bits per heavy atom. The zero-order valence-electron chi connectivity index (χ0n) is 12.3. The van der Waals surface area contributed by atoms with Crippen molar-refractivity contribution in [2.24, 2.45) is 11.8 Å². The molecule has 1 aromatic carbocycles. The molecule has 2 nitrogen and oxygen atoms in total. The summed E-state index contributed by atoms with van der Waals surface area (Å²) in [6.07, 6.45) is 0. The topological polar surface area (TPSA) is 32.3 Å². The first-order valence-electron chi connectivity index (χ1n) is 6.91. The van der Waals surface area contributed by atoms with Gasteiger partial charge in [0.1, 0.15) is 0 Å². The van der Waals surface area contributed by atoms with E-state index in [1.807, 2.05) is 0 Å². The molecule has 0 heterocycles. The fourth-order valence-corrected chi connectivity index (χ4v) is 1.94. The molecular formula is C16H27NO. The van der Waals surface area contributed by atoms with Gasteiger partial charge >= 0.3 is 0 Å². The average Bonchev–Trinajstić information content (AvgIpc) is 2.31. The SMILES string of the molecule is Cc1ccc(C(C)C)cc1NCC(CO)C(C)C. The van der Waals surface area contributed by atoms with Crippen LogP contribution in [-0.2, 0) is 0 Å². The molecule has 0 aromatic heterocycles. The van der Waals surface area contributed by atoms with Crippen molar-refractivity contribution in [3.63, 3.8) is 0 Å². The van der Waals surface area contributed by atoms with Gasteiger partial charge in [0.2, 0.25) is 0 Å². The van der Waals surface area contributed by atoms with Crippen LogP contribution < -0.4 is 5.32 Å². The van der Waals surface area contributed by atoms with Crippen LogP contribution in [0.2, 0.25) is 0 Å². The van der Waals surface area contributed by atoms with Crippen molar-refractivity contribution in [3.05, 3.63) is 29.3 Å². The quantitative estimate of drug-likeness (QED) is 0.804. The third kappa shape index (κ3) is 4.02. The van der Waals surface area contributed by atoms with Crippen LogP contribution in [0.4, 0.5) is 5.69 Å². The Hall–Kier alpha value is -1.02. The number of aryl methyl sites for hydroxylation is 1. The van der Waals surface area contributed by atoms with Crippen LogP contribution in [0.3, 0.4) is 0 Å². The van der Waals surface area contributed by atoms with Crippen molar-refractivity contribution in [1.29, 1.82) is 0 Å². The second-order valence-corrected chi connectivity index (χ2v) is 5.80. The monoisotopic (exact) mass is 249 g/mol. The Bertz CT molecular complexity index is 371. The van der Waals surface area contributed by atoms with E-state index in [0.29, 0.717) is 17.8 Å². The lowest BCUT2D eigenvalue weighted by Gasteiger charge is -2.21. The highest BCUT2D eigenvalue weighted by Gasteiger charge is 2.12. The van der Waals surface area contributed by atoms with Crippen LogP contribution in [0.25, 0.3) is 0 Å². The van der Waals surface area contributed by atoms with Gasteiger partial charge < -0.3 is 10.4 Å². The van der Waals surface area contributed by atoms with Crippen LogP contribution >= 0.6 is 0 Å². The molecule has 18 heavy (non-hydrogen) atoms. The molecule has 1 unspecified atom stereocenters. The maximum atomic E-state index is 9.35. The normalized spacial score (nSPS) is 13.1. The minimum atomic E-state index is 0.244. The summed E-state index contributed by atoms with van der Waals surface area (Å²) < 4.78 is 0. The van der Waals surface area contributed by atoms with Crippen molar-refractivity contribution < 1.29 is 5.11 Å². The molecule has 0 amide bonds. The molecule has 102 valence electrons. The third-order valence-corrected chi connectivity index (χ3v) is 3.66. The molecule has 0 aliphatic rings. The van der Waals surface area contributed by atoms with E-state index in [2.05, 4.69) is 58.1 Å². The average molecular weight is 249 g/mol. The van der Waals surface area contributed by atoms with Crippen LogP contribution in [-0.4, -0.2) is 18.3 Å². The van der Waals surface area contributed by atoms with Gasteiger partial charge in [0, 0.05) is 24.8 Å². The summed E-state index contributed by atoms with van der Waals surface area (Å²) in [5, 5.41) is 12.8. The number of hydrogen-bond donors (Lipinski definition) is 2. The van der Waals surface area contributed by atoms with Crippen molar-refractivity contribution in [2.45, 2.75) is 40.5 Å². The van der Waals surface area contributed by atoms with E-state index >= 15 is 0 Å². The van der Waals surface area contributed by atoms with E-state index in [0.717, 1.165) is 6.54 Å². The lowest BCUT2D eigenvalue weighted by Crippen LogP contribution is -2.23. The summed E-state index contributed by atoms with van der Waals surface area (Å²) in [6, 6.07) is 6.59. The number of hydrogen-bond acceptors (Lipinski definition) is 2. The molecule has 1 rings (SSSR count). The first kappa shape index (κ1) is 15.0. The molecular weight excluding hydrogens is 222 g/mol. The Labute approximate surface area is 111 Å². The first-order valence-corrected chi connectivity index (χ1v) is 6.91. The van der Waals surface area contributed by atoms with E-state index in [4.69, 9.17) is 0 Å². The van der Waals surface area contributed by atoms with Gasteiger partial charge in [-0.3, -0.25) is 0 Å². The van der Waals surface area contributed by atoms with Gasteiger partial charge in [-0.25, -0.2) is 0 Å². The van der Waals surface area contributed by atoms with Crippen molar-refractivity contribution >= 4 is 5.69 Å². The number of anilines is 1. The van der Waals surface area contributed by atoms with Crippen molar-refractivity contribution in [3.8, 4) is 0 Å². The Morgan fingerprint density at radius 2 is 1.83 bits per heavy atom. The summed E-state index contributed by atoms with van der Waals surface area (Å²) in [7, 11) is 0. The summed E-state index contributed by atoms with van der Waals surface area (Å²) in [6.45, 7) is 11.9. The molecule has 0 spiro atoms. The van der Waals surface area contributed by atoms with Crippen LogP contribution in [0.1, 0.15) is 44.7 Å². The number of aliphatic hydroxyl groups is 1. The highest BCUT2D eigenvalue weighted by atomic mass is 16.3. The molecule has 0 saturated heterocycles. The molecule has 0 aliphatic carbocycles. The predicted octanol–water partition coefficient (Wildman–Crippen LogP) is 3.79. The maximum Gasteiger partial charge on any atom is 0.0478 e. The van der Waals surface area contributed by atoms with Crippen LogP contribution in [0.5, 0.6) is 0 Å². The van der Waals surface area contributed by atoms with Crippen LogP contribution in [0.15, 0.2) is 18.2 Å². The molecule has 2 heteroatoms. The van der Waals surface area contributed by atoms with Gasteiger partial charge in [-0.2, -0.15) is 0 Å². The summed E-state index contributed by atoms with van der Waals surface area (Å²) in [5.41, 5.74) is 3.81. The first-order chi connectivity index (χ1) is 8.45. The lowest BCUT2D eigenvalue weighted by molar-refractivity contribution is 0.198. The Balaban J connectivity index is 2.74. The summed E-state index contributed by atoms with van der Waals surface area (Å²) in [4.78, 5) is 0. The molecule has 0 saturated carbocycles. The molecule has 1 aromatic rings. The summed E-state index contributed by atoms with van der Waals surface area (Å²) >= 11 is 0. The Morgan fingerprint density at radius 1 is 1.17 bits per heavy atom. The smallest absolute Gasteiger partial charge is 0.0478 e. The Kier molecular flexibility index (Phi) is 5.67. The molecule has 0 radical (unpaired) electrons. The predicted molar refractivity (Wildman–Crippen MR) is 79.2 cm³/mol. The molecule has 1 atom stereocenters. The molecule has 2 N–H and O–H groups in total. The minimum Gasteiger partial charge on any atom is -0.396 e. The highest BCUT2D eigenvalue weighted by Crippen LogP contribution is 2.23. The molecule has 0 bridgehead atoms. The largest absolute Gasteiger partial charge is 0.396 e. The van der Waals surface area contributed by atoms with Crippen LogP contribution in [0, 0.1) is 18.8 Å². The van der Waals surface area contributed by atoms with Gasteiger partial charge in [-0.05, 0) is 36.0 Å². The van der Waals surface area contributed by atoms with E-state index in [1.165, 1.54) is 16.8 Å². The maximum absolute atomic E-state index is 9.35. The second-order valence-electron chi connectivity index (χ2n) is 5.80. The molecule has 0 aliphatic heterocycles. The number of nitrogens with one attached hydrogen (secondary N) is 1. The standard InChI is InChI=1S/C16H27NO/c1-11(2)14-7-6-13(5)16(8-14)17-9-15(10-18)12(3)4/h6-8,11-12,15,17-18H,9-10H2,1-5H3. The zero-order chi connectivity index (χ0) is 13.7. The lowest BCUT2D eigenvalue weighted by atomic mass is 9.96. The van der Waals surface area contributed by atoms with Gasteiger partial charge in [-0.15, -0.1) is 0 Å². The van der Waals surface area contributed by atoms with Gasteiger partial charge in [-0.1, -0.05) is 39.8 Å². The van der Waals surface area contributed by atoms with E-state index in [-0.39, 0.29) is 6.61 Å². The summed E-state index contributed by atoms with van der Waals surface area (Å²) in [5.74, 6) is 1.35. The fraction of sp³-hybridized carbons (Fsp3) is 0.625. The highest BCUT2D eigenvalue weighted by molar-refractivity contribution is 5.53. The molecule has 0 fully saturated rings. The number of aliphatic hydroxyl groups excluding tert-OH is 1. The second kappa shape index (κ2) is 6.79. The van der Waals surface area contributed by atoms with Crippen molar-refractivity contribution in [1.82, 2.24) is 0 Å². The van der Waals surface area contributed by atoms with E-state index in [9.17, 15) is 5.11 Å². The van der Waals surface area contributed by atoms with Gasteiger partial charge in [0.15, 0.2) is 0 Å². The minimum absolute atomic E-state index is 0.244. The van der Waals surface area contributed by atoms with E-state index in [1.54, 1.807) is 0 Å². The van der Waals surface area contributed by atoms with Crippen molar-refractivity contribution in [2.75, 3.05) is 18.5 Å². The van der Waals surface area contributed by atoms with Gasteiger partial charge in [0.25, 0.3) is 0 Å².